The number of hydrogen-bond acceptors (Lipinski definition) is 2. The minimum Gasteiger partial charge on any atom is -0.361 e. The SMILES string of the molecule is C=CCc1c[nH]c2cccc([N+](=O)[O-])c12. The Bertz CT molecular complexity index is 528. The van der Waals surface area contributed by atoms with Crippen LogP contribution in [0.4, 0.5) is 5.69 Å². The predicted octanol–water partition coefficient (Wildman–Crippen LogP) is 2.80. The molecule has 1 heterocycles. The molecule has 2 rings (SSSR count). The van der Waals surface area contributed by atoms with E-state index in [9.17, 15) is 10.1 Å². The van der Waals surface area contributed by atoms with Gasteiger partial charge in [-0.05, 0) is 18.1 Å². The number of benzene rings is 1. The van der Waals surface area contributed by atoms with E-state index < -0.39 is 0 Å². The Morgan fingerprint density at radius 3 is 3.00 bits per heavy atom. The van der Waals surface area contributed by atoms with Gasteiger partial charge in [-0.3, -0.25) is 10.1 Å². The molecule has 0 aliphatic heterocycles. The molecule has 15 heavy (non-hydrogen) atoms. The van der Waals surface area contributed by atoms with Crippen molar-refractivity contribution in [1.29, 1.82) is 0 Å². The van der Waals surface area contributed by atoms with Crippen LogP contribution >= 0.6 is 0 Å². The van der Waals surface area contributed by atoms with E-state index in [4.69, 9.17) is 0 Å². The van der Waals surface area contributed by atoms with Gasteiger partial charge in [-0.15, -0.1) is 6.58 Å². The highest BCUT2D eigenvalue weighted by Crippen LogP contribution is 2.28. The average molecular weight is 202 g/mol. The highest BCUT2D eigenvalue weighted by Gasteiger charge is 2.15. The Hall–Kier alpha value is -2.10. The molecule has 0 saturated heterocycles. The third-order valence-electron chi connectivity index (χ3n) is 2.33. The number of H-pyrrole nitrogens is 1. The zero-order valence-corrected chi connectivity index (χ0v) is 8.06. The fourth-order valence-electron chi connectivity index (χ4n) is 1.70. The lowest BCUT2D eigenvalue weighted by Crippen LogP contribution is -1.89. The van der Waals surface area contributed by atoms with E-state index in [1.807, 2.05) is 6.07 Å². The number of allylic oxidation sites excluding steroid dienone is 1. The second-order valence-electron chi connectivity index (χ2n) is 3.26. The fourth-order valence-corrected chi connectivity index (χ4v) is 1.70. The zero-order chi connectivity index (χ0) is 10.8. The van der Waals surface area contributed by atoms with Gasteiger partial charge in [0.2, 0.25) is 0 Å². The van der Waals surface area contributed by atoms with E-state index in [0.29, 0.717) is 11.8 Å². The number of aromatic amines is 1. The number of non-ortho nitro benzene ring substituents is 1. The molecule has 0 fully saturated rings. The van der Waals surface area contributed by atoms with Gasteiger partial charge in [-0.2, -0.15) is 0 Å². The monoisotopic (exact) mass is 202 g/mol. The Balaban J connectivity index is 2.74. The molecule has 4 heteroatoms. The lowest BCUT2D eigenvalue weighted by molar-refractivity contribution is -0.383. The van der Waals surface area contributed by atoms with Crippen molar-refractivity contribution < 1.29 is 4.92 Å². The summed E-state index contributed by atoms with van der Waals surface area (Å²) < 4.78 is 0. The Morgan fingerprint density at radius 1 is 1.53 bits per heavy atom. The summed E-state index contributed by atoms with van der Waals surface area (Å²) in [6.07, 6.45) is 4.16. The number of aromatic nitrogens is 1. The molecule has 0 unspecified atom stereocenters. The molecule has 0 radical (unpaired) electrons. The molecule has 0 atom stereocenters. The van der Waals surface area contributed by atoms with Gasteiger partial charge in [-0.25, -0.2) is 0 Å². The third-order valence-corrected chi connectivity index (χ3v) is 2.33. The summed E-state index contributed by atoms with van der Waals surface area (Å²) in [5.74, 6) is 0. The van der Waals surface area contributed by atoms with Gasteiger partial charge in [0.15, 0.2) is 0 Å². The number of fused-ring (bicyclic) bond motifs is 1. The van der Waals surface area contributed by atoms with Crippen molar-refractivity contribution in [3.05, 3.63) is 52.7 Å². The minimum atomic E-state index is -0.358. The predicted molar refractivity (Wildman–Crippen MR) is 58.9 cm³/mol. The van der Waals surface area contributed by atoms with Crippen molar-refractivity contribution in [3.8, 4) is 0 Å². The molecule has 0 spiro atoms. The van der Waals surface area contributed by atoms with Crippen LogP contribution in [-0.2, 0) is 6.42 Å². The third kappa shape index (κ3) is 1.50. The van der Waals surface area contributed by atoms with Gasteiger partial charge in [-0.1, -0.05) is 12.1 Å². The molecule has 0 saturated carbocycles. The summed E-state index contributed by atoms with van der Waals surface area (Å²) >= 11 is 0. The van der Waals surface area contributed by atoms with Gasteiger partial charge >= 0.3 is 0 Å². The van der Waals surface area contributed by atoms with E-state index in [0.717, 1.165) is 11.1 Å². The Labute approximate surface area is 86.4 Å². The summed E-state index contributed by atoms with van der Waals surface area (Å²) in [4.78, 5) is 13.5. The number of nitrogens with zero attached hydrogens (tertiary/aromatic N) is 1. The van der Waals surface area contributed by atoms with Crippen LogP contribution in [-0.4, -0.2) is 9.91 Å². The van der Waals surface area contributed by atoms with Crippen LogP contribution in [0.5, 0.6) is 0 Å². The number of nitrogens with one attached hydrogen (secondary N) is 1. The normalized spacial score (nSPS) is 10.4. The van der Waals surface area contributed by atoms with E-state index in [-0.39, 0.29) is 10.6 Å². The number of hydrogen-bond donors (Lipinski definition) is 1. The molecular formula is C11H10N2O2. The van der Waals surface area contributed by atoms with Crippen LogP contribution in [0, 0.1) is 10.1 Å². The first-order valence-electron chi connectivity index (χ1n) is 4.58. The molecule has 1 N–H and O–H groups in total. The fraction of sp³-hybridized carbons (Fsp3) is 0.0909. The highest BCUT2D eigenvalue weighted by molar-refractivity contribution is 5.91. The van der Waals surface area contributed by atoms with Crippen molar-refractivity contribution in [2.45, 2.75) is 6.42 Å². The minimum absolute atomic E-state index is 0.144. The van der Waals surface area contributed by atoms with Gasteiger partial charge in [0.25, 0.3) is 5.69 Å². The smallest absolute Gasteiger partial charge is 0.279 e. The van der Waals surface area contributed by atoms with Crippen molar-refractivity contribution in [1.82, 2.24) is 4.98 Å². The first-order valence-corrected chi connectivity index (χ1v) is 4.58. The largest absolute Gasteiger partial charge is 0.361 e. The number of nitro benzene ring substituents is 1. The van der Waals surface area contributed by atoms with Crippen LogP contribution in [0.1, 0.15) is 5.56 Å². The summed E-state index contributed by atoms with van der Waals surface area (Å²) in [6.45, 7) is 3.63. The summed E-state index contributed by atoms with van der Waals surface area (Å²) in [5.41, 5.74) is 1.85. The molecule has 2 aromatic rings. The summed E-state index contributed by atoms with van der Waals surface area (Å²) in [7, 11) is 0. The number of rotatable bonds is 3. The van der Waals surface area contributed by atoms with Crippen molar-refractivity contribution in [2.24, 2.45) is 0 Å². The maximum Gasteiger partial charge on any atom is 0.279 e. The second kappa shape index (κ2) is 3.57. The van der Waals surface area contributed by atoms with Crippen LogP contribution < -0.4 is 0 Å². The van der Waals surface area contributed by atoms with Gasteiger partial charge < -0.3 is 4.98 Å². The standard InChI is InChI=1S/C11H10N2O2/c1-2-4-8-7-12-9-5-3-6-10(11(8)9)13(14)15/h2-3,5-7,12H,1,4H2. The molecule has 1 aromatic heterocycles. The van der Waals surface area contributed by atoms with Gasteiger partial charge in [0.05, 0.1) is 15.8 Å². The molecular weight excluding hydrogens is 192 g/mol. The molecule has 0 bridgehead atoms. The number of nitro groups is 1. The molecule has 0 aliphatic carbocycles. The molecule has 4 nitrogen and oxygen atoms in total. The molecule has 1 aromatic carbocycles. The molecule has 0 aliphatic rings. The van der Waals surface area contributed by atoms with Gasteiger partial charge in [0, 0.05) is 12.3 Å². The second-order valence-corrected chi connectivity index (χ2v) is 3.26. The lowest BCUT2D eigenvalue weighted by atomic mass is 10.1. The molecule has 0 amide bonds. The van der Waals surface area contributed by atoms with Crippen LogP contribution in [0.3, 0.4) is 0 Å². The van der Waals surface area contributed by atoms with E-state index in [1.165, 1.54) is 6.07 Å². The maximum absolute atomic E-state index is 10.8. The average Bonchev–Trinajstić information content (AvgIpc) is 2.62. The van der Waals surface area contributed by atoms with E-state index >= 15 is 0 Å². The highest BCUT2D eigenvalue weighted by atomic mass is 16.6. The van der Waals surface area contributed by atoms with Crippen LogP contribution in [0.15, 0.2) is 37.1 Å². The summed E-state index contributed by atoms with van der Waals surface area (Å²) in [5, 5.41) is 11.5. The Kier molecular flexibility index (Phi) is 2.25. The lowest BCUT2D eigenvalue weighted by Gasteiger charge is -1.96. The molecule has 76 valence electrons. The van der Waals surface area contributed by atoms with E-state index in [2.05, 4.69) is 11.6 Å². The van der Waals surface area contributed by atoms with Crippen LogP contribution in [0.2, 0.25) is 0 Å². The topological polar surface area (TPSA) is 58.9 Å². The van der Waals surface area contributed by atoms with Crippen molar-refractivity contribution in [2.75, 3.05) is 0 Å². The van der Waals surface area contributed by atoms with Crippen LogP contribution in [0.25, 0.3) is 10.9 Å². The van der Waals surface area contributed by atoms with Crippen molar-refractivity contribution >= 4 is 16.6 Å². The Morgan fingerprint density at radius 2 is 2.33 bits per heavy atom. The van der Waals surface area contributed by atoms with E-state index in [1.54, 1.807) is 18.3 Å². The van der Waals surface area contributed by atoms with Crippen molar-refractivity contribution in [3.63, 3.8) is 0 Å². The zero-order valence-electron chi connectivity index (χ0n) is 8.06. The first kappa shape index (κ1) is 9.45. The first-order chi connectivity index (χ1) is 7.24. The van der Waals surface area contributed by atoms with Gasteiger partial charge in [0.1, 0.15) is 0 Å². The maximum atomic E-state index is 10.8. The summed E-state index contributed by atoms with van der Waals surface area (Å²) in [6, 6.07) is 5.02. The quantitative estimate of drug-likeness (QED) is 0.472.